The normalized spacial score (nSPS) is 13.2. The summed E-state index contributed by atoms with van der Waals surface area (Å²) in [5, 5.41) is 3.13. The van der Waals surface area contributed by atoms with Crippen LogP contribution in [0.3, 0.4) is 0 Å². The van der Waals surface area contributed by atoms with Gasteiger partial charge in [-0.15, -0.1) is 0 Å². The predicted molar refractivity (Wildman–Crippen MR) is 47.1 cm³/mol. The summed E-state index contributed by atoms with van der Waals surface area (Å²) < 4.78 is 10.4. The van der Waals surface area contributed by atoms with Gasteiger partial charge in [-0.05, 0) is 25.6 Å². The number of rotatable bonds is 4. The first kappa shape index (κ1) is 9.29. The first-order chi connectivity index (χ1) is 5.79. The van der Waals surface area contributed by atoms with Gasteiger partial charge in [0.05, 0.1) is 18.9 Å². The Morgan fingerprint density at radius 3 is 2.83 bits per heavy atom. The Labute approximate surface area is 72.7 Å². The molecule has 0 bridgehead atoms. The number of methoxy groups -OCH3 is 1. The van der Waals surface area contributed by atoms with Crippen molar-refractivity contribution in [2.75, 3.05) is 20.8 Å². The minimum Gasteiger partial charge on any atom is -0.467 e. The summed E-state index contributed by atoms with van der Waals surface area (Å²) >= 11 is 0. The van der Waals surface area contributed by atoms with Gasteiger partial charge in [0.2, 0.25) is 0 Å². The summed E-state index contributed by atoms with van der Waals surface area (Å²) in [6.45, 7) is 2.66. The molecular weight excluding hydrogens is 154 g/mol. The smallest absolute Gasteiger partial charge is 0.125 e. The molecule has 12 heavy (non-hydrogen) atoms. The number of hydrogen-bond donors (Lipinski definition) is 1. The van der Waals surface area contributed by atoms with Crippen molar-refractivity contribution < 1.29 is 9.15 Å². The first-order valence-electron chi connectivity index (χ1n) is 3.99. The lowest BCUT2D eigenvalue weighted by Crippen LogP contribution is -2.21. The van der Waals surface area contributed by atoms with Gasteiger partial charge in [0, 0.05) is 7.11 Å². The number of hydrogen-bond acceptors (Lipinski definition) is 3. The Balaban J connectivity index is 2.72. The maximum absolute atomic E-state index is 5.33. The van der Waals surface area contributed by atoms with Crippen LogP contribution in [0.4, 0.5) is 0 Å². The van der Waals surface area contributed by atoms with Crippen molar-refractivity contribution in [3.8, 4) is 0 Å². The monoisotopic (exact) mass is 169 g/mol. The first-order valence-corrected chi connectivity index (χ1v) is 3.99. The van der Waals surface area contributed by atoms with Crippen molar-refractivity contribution in [2.24, 2.45) is 0 Å². The van der Waals surface area contributed by atoms with Crippen molar-refractivity contribution in [1.29, 1.82) is 0 Å². The molecule has 0 aliphatic heterocycles. The minimum atomic E-state index is 0.157. The molecule has 68 valence electrons. The van der Waals surface area contributed by atoms with E-state index in [0.29, 0.717) is 6.61 Å². The van der Waals surface area contributed by atoms with Gasteiger partial charge in [0.25, 0.3) is 0 Å². The number of ether oxygens (including phenoxy) is 1. The molecule has 0 aliphatic rings. The molecule has 0 amide bonds. The van der Waals surface area contributed by atoms with Crippen LogP contribution in [0.2, 0.25) is 0 Å². The molecule has 0 aromatic carbocycles. The quantitative estimate of drug-likeness (QED) is 0.741. The predicted octanol–water partition coefficient (Wildman–Crippen LogP) is 1.49. The summed E-state index contributed by atoms with van der Waals surface area (Å²) in [6, 6.07) is 2.11. The second-order valence-corrected chi connectivity index (χ2v) is 2.76. The van der Waals surface area contributed by atoms with E-state index < -0.39 is 0 Å². The highest BCUT2D eigenvalue weighted by atomic mass is 16.5. The summed E-state index contributed by atoms with van der Waals surface area (Å²) in [7, 11) is 3.58. The van der Waals surface area contributed by atoms with E-state index in [1.165, 1.54) is 0 Å². The van der Waals surface area contributed by atoms with Crippen LogP contribution in [-0.4, -0.2) is 20.8 Å². The van der Waals surface area contributed by atoms with Crippen LogP contribution in [0.15, 0.2) is 16.7 Å². The Morgan fingerprint density at radius 2 is 2.42 bits per heavy atom. The second-order valence-electron chi connectivity index (χ2n) is 2.76. The topological polar surface area (TPSA) is 34.4 Å². The van der Waals surface area contributed by atoms with E-state index in [2.05, 4.69) is 5.32 Å². The summed E-state index contributed by atoms with van der Waals surface area (Å²) in [5.74, 6) is 0.958. The van der Waals surface area contributed by atoms with Gasteiger partial charge in [0.15, 0.2) is 0 Å². The lowest BCUT2D eigenvalue weighted by Gasteiger charge is -2.12. The molecule has 3 nitrogen and oxygen atoms in total. The lowest BCUT2D eigenvalue weighted by molar-refractivity contribution is 0.160. The van der Waals surface area contributed by atoms with Crippen LogP contribution >= 0.6 is 0 Å². The van der Waals surface area contributed by atoms with Crippen molar-refractivity contribution in [2.45, 2.75) is 13.0 Å². The fraction of sp³-hybridized carbons (Fsp3) is 0.556. The van der Waals surface area contributed by atoms with Crippen molar-refractivity contribution in [1.82, 2.24) is 5.32 Å². The van der Waals surface area contributed by atoms with Gasteiger partial charge >= 0.3 is 0 Å². The summed E-state index contributed by atoms with van der Waals surface area (Å²) in [6.07, 6.45) is 1.70. The molecular formula is C9H15NO2. The van der Waals surface area contributed by atoms with Crippen LogP contribution in [0.5, 0.6) is 0 Å². The Bertz CT molecular complexity index is 232. The number of furan rings is 1. The Morgan fingerprint density at radius 1 is 1.67 bits per heavy atom. The van der Waals surface area contributed by atoms with E-state index in [1.807, 2.05) is 20.0 Å². The molecule has 0 aliphatic carbocycles. The fourth-order valence-electron chi connectivity index (χ4n) is 1.20. The third-order valence-electron chi connectivity index (χ3n) is 1.90. The molecule has 1 aromatic rings. The molecule has 0 saturated heterocycles. The Hall–Kier alpha value is -0.800. The molecule has 0 spiro atoms. The zero-order valence-corrected chi connectivity index (χ0v) is 7.76. The highest BCUT2D eigenvalue weighted by Crippen LogP contribution is 2.18. The number of likely N-dealkylation sites (N-methyl/N-ethyl adjacent to an activating group) is 1. The number of nitrogens with one attached hydrogen (secondary N) is 1. The fourth-order valence-corrected chi connectivity index (χ4v) is 1.20. The summed E-state index contributed by atoms with van der Waals surface area (Å²) in [4.78, 5) is 0. The van der Waals surface area contributed by atoms with E-state index >= 15 is 0 Å². The van der Waals surface area contributed by atoms with Gasteiger partial charge in [-0.1, -0.05) is 0 Å². The lowest BCUT2D eigenvalue weighted by atomic mass is 10.1. The molecule has 0 saturated carbocycles. The van der Waals surface area contributed by atoms with Gasteiger partial charge in [0.1, 0.15) is 5.76 Å². The van der Waals surface area contributed by atoms with E-state index in [9.17, 15) is 0 Å². The highest BCUT2D eigenvalue weighted by Gasteiger charge is 2.13. The van der Waals surface area contributed by atoms with Gasteiger partial charge in [-0.2, -0.15) is 0 Å². The van der Waals surface area contributed by atoms with E-state index in [1.54, 1.807) is 13.4 Å². The van der Waals surface area contributed by atoms with Gasteiger partial charge in [-0.3, -0.25) is 0 Å². The van der Waals surface area contributed by atoms with Crippen LogP contribution in [0.25, 0.3) is 0 Å². The zero-order valence-electron chi connectivity index (χ0n) is 7.76. The molecule has 1 N–H and O–H groups in total. The number of aryl methyl sites for hydroxylation is 1. The third kappa shape index (κ3) is 1.87. The van der Waals surface area contributed by atoms with Crippen LogP contribution in [-0.2, 0) is 4.74 Å². The van der Waals surface area contributed by atoms with Crippen LogP contribution < -0.4 is 5.32 Å². The molecule has 1 heterocycles. The molecule has 0 radical (unpaired) electrons. The maximum Gasteiger partial charge on any atom is 0.125 e. The largest absolute Gasteiger partial charge is 0.467 e. The van der Waals surface area contributed by atoms with Gasteiger partial charge < -0.3 is 14.5 Å². The summed E-state index contributed by atoms with van der Waals surface area (Å²) in [5.41, 5.74) is 1.16. The van der Waals surface area contributed by atoms with Gasteiger partial charge in [-0.25, -0.2) is 0 Å². The standard InChI is InChI=1S/C9H15NO2/c1-7-4-5-12-9(7)8(10-2)6-11-3/h4-5,8,10H,6H2,1-3H3. The average Bonchev–Trinajstić information content (AvgIpc) is 2.47. The van der Waals surface area contributed by atoms with E-state index in [0.717, 1.165) is 11.3 Å². The SMILES string of the molecule is CNC(COC)c1occc1C. The second kappa shape index (κ2) is 4.28. The van der Waals surface area contributed by atoms with Crippen LogP contribution in [0, 0.1) is 6.92 Å². The maximum atomic E-state index is 5.33. The van der Waals surface area contributed by atoms with Crippen molar-refractivity contribution in [3.05, 3.63) is 23.7 Å². The van der Waals surface area contributed by atoms with E-state index in [4.69, 9.17) is 9.15 Å². The minimum absolute atomic E-state index is 0.157. The molecule has 0 fully saturated rings. The molecule has 1 unspecified atom stereocenters. The Kier molecular flexibility index (Phi) is 3.31. The molecule has 1 atom stereocenters. The van der Waals surface area contributed by atoms with Crippen molar-refractivity contribution in [3.63, 3.8) is 0 Å². The van der Waals surface area contributed by atoms with Crippen LogP contribution in [0.1, 0.15) is 17.4 Å². The third-order valence-corrected chi connectivity index (χ3v) is 1.90. The molecule has 1 rings (SSSR count). The highest BCUT2D eigenvalue weighted by molar-refractivity contribution is 5.18. The average molecular weight is 169 g/mol. The van der Waals surface area contributed by atoms with E-state index in [-0.39, 0.29) is 6.04 Å². The van der Waals surface area contributed by atoms with Crippen molar-refractivity contribution >= 4 is 0 Å². The zero-order chi connectivity index (χ0) is 8.97. The molecule has 3 heteroatoms. The molecule has 1 aromatic heterocycles.